The predicted molar refractivity (Wildman–Crippen MR) is 30.9 cm³/mol. The van der Waals surface area contributed by atoms with Gasteiger partial charge in [0.15, 0.2) is 6.29 Å². The van der Waals surface area contributed by atoms with Crippen molar-refractivity contribution in [1.82, 2.24) is 0 Å². The molecule has 1 fully saturated rings. The molecule has 2 atom stereocenters. The Labute approximate surface area is 54.0 Å². The van der Waals surface area contributed by atoms with Crippen LogP contribution in [0.4, 0.5) is 4.39 Å². The van der Waals surface area contributed by atoms with Crippen LogP contribution in [0.15, 0.2) is 0 Å². The maximum Gasteiger partial charge on any atom is 0.157 e. The molecule has 1 rings (SSSR count). The molecule has 54 valence electrons. The molecule has 1 aliphatic heterocycles. The first-order valence-electron chi connectivity index (χ1n) is 3.11. The lowest BCUT2D eigenvalue weighted by Gasteiger charge is -2.23. The lowest BCUT2D eigenvalue weighted by molar-refractivity contribution is -0.162. The smallest absolute Gasteiger partial charge is 0.157 e. The van der Waals surface area contributed by atoms with E-state index in [1.165, 1.54) is 0 Å². The Morgan fingerprint density at radius 3 is 2.78 bits per heavy atom. The number of methoxy groups -OCH3 is 1. The molecule has 0 aromatic rings. The minimum atomic E-state index is -0.781. The maximum absolute atomic E-state index is 12.3. The number of rotatable bonds is 1. The number of hydrogen-bond donors (Lipinski definition) is 0. The fourth-order valence-corrected chi connectivity index (χ4v) is 0.881. The zero-order valence-electron chi connectivity index (χ0n) is 5.47. The molecule has 0 aromatic heterocycles. The van der Waals surface area contributed by atoms with Crippen molar-refractivity contribution in [1.29, 1.82) is 0 Å². The SMILES string of the molecule is COC1CCC(F)CO1. The first-order valence-corrected chi connectivity index (χ1v) is 3.11. The largest absolute Gasteiger partial charge is 0.356 e. The van der Waals surface area contributed by atoms with Gasteiger partial charge in [-0.3, -0.25) is 0 Å². The summed E-state index contributed by atoms with van der Waals surface area (Å²) in [6, 6.07) is 0. The Morgan fingerprint density at radius 2 is 2.33 bits per heavy atom. The van der Waals surface area contributed by atoms with Crippen LogP contribution in [0.2, 0.25) is 0 Å². The number of halogens is 1. The van der Waals surface area contributed by atoms with Gasteiger partial charge >= 0.3 is 0 Å². The third-order valence-electron chi connectivity index (χ3n) is 1.44. The molecule has 1 heterocycles. The van der Waals surface area contributed by atoms with Crippen LogP contribution >= 0.6 is 0 Å². The Morgan fingerprint density at radius 1 is 1.56 bits per heavy atom. The Balaban J connectivity index is 2.18. The van der Waals surface area contributed by atoms with Gasteiger partial charge in [-0.25, -0.2) is 4.39 Å². The molecule has 2 unspecified atom stereocenters. The average molecular weight is 134 g/mol. The Bertz CT molecular complexity index is 79.1. The number of alkyl halides is 1. The fraction of sp³-hybridized carbons (Fsp3) is 1.00. The predicted octanol–water partition coefficient (Wildman–Crippen LogP) is 1.11. The highest BCUT2D eigenvalue weighted by molar-refractivity contribution is 4.62. The lowest BCUT2D eigenvalue weighted by Crippen LogP contribution is -2.27. The topological polar surface area (TPSA) is 18.5 Å². The summed E-state index contributed by atoms with van der Waals surface area (Å²) in [4.78, 5) is 0. The van der Waals surface area contributed by atoms with Crippen molar-refractivity contribution in [3.05, 3.63) is 0 Å². The summed E-state index contributed by atoms with van der Waals surface area (Å²) in [5, 5.41) is 0. The van der Waals surface area contributed by atoms with E-state index < -0.39 is 6.17 Å². The van der Waals surface area contributed by atoms with E-state index in [1.807, 2.05) is 0 Å². The van der Waals surface area contributed by atoms with Crippen LogP contribution in [0.25, 0.3) is 0 Å². The summed E-state index contributed by atoms with van der Waals surface area (Å²) in [7, 11) is 1.57. The van der Waals surface area contributed by atoms with Crippen molar-refractivity contribution in [2.45, 2.75) is 25.3 Å². The highest BCUT2D eigenvalue weighted by atomic mass is 19.1. The van der Waals surface area contributed by atoms with E-state index in [0.717, 1.165) is 0 Å². The highest BCUT2D eigenvalue weighted by Crippen LogP contribution is 2.15. The highest BCUT2D eigenvalue weighted by Gasteiger charge is 2.19. The average Bonchev–Trinajstić information content (AvgIpc) is 1.90. The molecule has 3 heteroatoms. The van der Waals surface area contributed by atoms with Crippen LogP contribution in [0.1, 0.15) is 12.8 Å². The van der Waals surface area contributed by atoms with Gasteiger partial charge in [-0.15, -0.1) is 0 Å². The van der Waals surface area contributed by atoms with Gasteiger partial charge in [0.1, 0.15) is 6.17 Å². The van der Waals surface area contributed by atoms with Gasteiger partial charge in [0, 0.05) is 13.5 Å². The normalized spacial score (nSPS) is 36.7. The molecule has 1 saturated heterocycles. The number of hydrogen-bond acceptors (Lipinski definition) is 2. The molecule has 9 heavy (non-hydrogen) atoms. The van der Waals surface area contributed by atoms with Crippen LogP contribution in [-0.2, 0) is 9.47 Å². The Hall–Kier alpha value is -0.150. The molecule has 2 nitrogen and oxygen atoms in total. The molecule has 0 saturated carbocycles. The summed E-state index contributed by atoms with van der Waals surface area (Å²) in [6.45, 7) is 0.193. The minimum Gasteiger partial charge on any atom is -0.356 e. The van der Waals surface area contributed by atoms with Crippen LogP contribution in [0.5, 0.6) is 0 Å². The summed E-state index contributed by atoms with van der Waals surface area (Å²) < 4.78 is 22.1. The minimum absolute atomic E-state index is 0.169. The third kappa shape index (κ3) is 1.91. The lowest BCUT2D eigenvalue weighted by atomic mass is 10.2. The summed E-state index contributed by atoms with van der Waals surface area (Å²) in [6.07, 6.45) is 0.296. The van der Waals surface area contributed by atoms with E-state index in [2.05, 4.69) is 0 Å². The second-order valence-electron chi connectivity index (χ2n) is 2.17. The zero-order chi connectivity index (χ0) is 6.69. The summed E-state index contributed by atoms with van der Waals surface area (Å²) in [5.74, 6) is 0. The van der Waals surface area contributed by atoms with Crippen LogP contribution < -0.4 is 0 Å². The van der Waals surface area contributed by atoms with E-state index in [9.17, 15) is 4.39 Å². The third-order valence-corrected chi connectivity index (χ3v) is 1.44. The molecule has 0 spiro atoms. The summed E-state index contributed by atoms with van der Waals surface area (Å²) in [5.41, 5.74) is 0. The van der Waals surface area contributed by atoms with E-state index in [0.29, 0.717) is 12.8 Å². The molecule has 0 amide bonds. The monoisotopic (exact) mass is 134 g/mol. The van der Waals surface area contributed by atoms with E-state index in [-0.39, 0.29) is 12.9 Å². The van der Waals surface area contributed by atoms with E-state index in [4.69, 9.17) is 9.47 Å². The summed E-state index contributed by atoms with van der Waals surface area (Å²) >= 11 is 0. The molecule has 0 aromatic carbocycles. The fourth-order valence-electron chi connectivity index (χ4n) is 0.881. The van der Waals surface area contributed by atoms with Crippen molar-refractivity contribution in [2.24, 2.45) is 0 Å². The second kappa shape index (κ2) is 3.13. The standard InChI is InChI=1S/C6H11FO2/c1-8-6-3-2-5(7)4-9-6/h5-6H,2-4H2,1H3. The van der Waals surface area contributed by atoms with E-state index >= 15 is 0 Å². The van der Waals surface area contributed by atoms with Gasteiger partial charge < -0.3 is 9.47 Å². The molecule has 0 N–H and O–H groups in total. The molecular weight excluding hydrogens is 123 g/mol. The van der Waals surface area contributed by atoms with Gasteiger partial charge in [-0.1, -0.05) is 0 Å². The van der Waals surface area contributed by atoms with Gasteiger partial charge in [-0.2, -0.15) is 0 Å². The van der Waals surface area contributed by atoms with Crippen LogP contribution in [0.3, 0.4) is 0 Å². The van der Waals surface area contributed by atoms with Crippen LogP contribution in [0, 0.1) is 0 Å². The van der Waals surface area contributed by atoms with E-state index in [1.54, 1.807) is 7.11 Å². The van der Waals surface area contributed by atoms with Gasteiger partial charge in [0.25, 0.3) is 0 Å². The number of ether oxygens (including phenoxy) is 2. The quantitative estimate of drug-likeness (QED) is 0.534. The Kier molecular flexibility index (Phi) is 2.42. The molecule has 0 radical (unpaired) electrons. The van der Waals surface area contributed by atoms with Gasteiger partial charge in [0.05, 0.1) is 6.61 Å². The van der Waals surface area contributed by atoms with Gasteiger partial charge in [0.2, 0.25) is 0 Å². The molecular formula is C6H11FO2. The molecule has 1 aliphatic rings. The first kappa shape index (κ1) is 6.96. The van der Waals surface area contributed by atoms with Crippen molar-refractivity contribution in [3.63, 3.8) is 0 Å². The second-order valence-corrected chi connectivity index (χ2v) is 2.17. The first-order chi connectivity index (χ1) is 4.33. The van der Waals surface area contributed by atoms with Crippen LogP contribution in [-0.4, -0.2) is 26.2 Å². The van der Waals surface area contributed by atoms with Gasteiger partial charge in [-0.05, 0) is 6.42 Å². The van der Waals surface area contributed by atoms with Crippen molar-refractivity contribution in [3.8, 4) is 0 Å². The molecule has 0 aliphatic carbocycles. The zero-order valence-corrected chi connectivity index (χ0v) is 5.47. The molecule has 0 bridgehead atoms. The van der Waals surface area contributed by atoms with Crippen molar-refractivity contribution >= 4 is 0 Å². The maximum atomic E-state index is 12.3. The van der Waals surface area contributed by atoms with Crippen molar-refractivity contribution in [2.75, 3.05) is 13.7 Å². The van der Waals surface area contributed by atoms with Crippen molar-refractivity contribution < 1.29 is 13.9 Å².